The summed E-state index contributed by atoms with van der Waals surface area (Å²) in [5.74, 6) is -0.0641. The van der Waals surface area contributed by atoms with Crippen molar-refractivity contribution in [2.24, 2.45) is 0 Å². The number of hydrogen-bond acceptors (Lipinski definition) is 4. The lowest BCUT2D eigenvalue weighted by atomic mass is 9.69. The van der Waals surface area contributed by atoms with E-state index < -0.39 is 0 Å². The van der Waals surface area contributed by atoms with Crippen molar-refractivity contribution in [2.75, 3.05) is 26.8 Å². The molecule has 0 aromatic carbocycles. The van der Waals surface area contributed by atoms with Gasteiger partial charge in [0.05, 0.1) is 18.1 Å². The van der Waals surface area contributed by atoms with Crippen LogP contribution in [0.1, 0.15) is 32.1 Å². The van der Waals surface area contributed by atoms with Crippen molar-refractivity contribution in [1.29, 1.82) is 0 Å². The molecule has 0 amide bonds. The first-order chi connectivity index (χ1) is 9.74. The number of rotatable bonds is 1. The topological polar surface area (TPSA) is 38.8 Å². The molecule has 3 heterocycles. The molecule has 1 spiro atoms. The van der Waals surface area contributed by atoms with E-state index >= 15 is 0 Å². The summed E-state index contributed by atoms with van der Waals surface area (Å²) in [4.78, 5) is 14.4. The Balaban J connectivity index is 0.00000132. The van der Waals surface area contributed by atoms with Crippen LogP contribution in [0.5, 0.6) is 0 Å². The molecule has 0 radical (unpaired) electrons. The fourth-order valence-electron chi connectivity index (χ4n) is 4.57. The number of nitrogens with zero attached hydrogens (tertiary/aromatic N) is 1. The molecule has 3 aliphatic heterocycles. The van der Waals surface area contributed by atoms with Gasteiger partial charge < -0.3 is 9.47 Å². The number of cyclic esters (lactones) is 1. The monoisotopic (exact) mass is 311 g/mol. The Morgan fingerprint density at radius 2 is 2.19 bits per heavy atom. The summed E-state index contributed by atoms with van der Waals surface area (Å²) in [5, 5.41) is 0. The second-order valence-electron chi connectivity index (χ2n) is 6.29. The lowest BCUT2D eigenvalue weighted by molar-refractivity contribution is -0.143. The van der Waals surface area contributed by atoms with Crippen molar-refractivity contribution in [3.05, 3.63) is 22.8 Å². The van der Waals surface area contributed by atoms with Crippen LogP contribution in [0.4, 0.5) is 0 Å². The standard InChI is InChI=1S/C16H21NO3.ClH/c1-19-13-3-2-12-5-7-17-6-4-11-10-20-15(18)8-14(11)16(12,17)9-13;/h2,13H,3-10H2,1H3;1H/t13-,16-;/m0./s1. The first-order valence-corrected chi connectivity index (χ1v) is 7.58. The van der Waals surface area contributed by atoms with Crippen LogP contribution in [-0.2, 0) is 14.3 Å². The molecular weight excluding hydrogens is 290 g/mol. The molecule has 0 saturated carbocycles. The zero-order valence-electron chi connectivity index (χ0n) is 12.4. The lowest BCUT2D eigenvalue weighted by Gasteiger charge is -2.50. The van der Waals surface area contributed by atoms with Gasteiger partial charge in [0.1, 0.15) is 6.61 Å². The first kappa shape index (κ1) is 15.1. The third-order valence-electron chi connectivity index (χ3n) is 5.54. The van der Waals surface area contributed by atoms with Crippen LogP contribution < -0.4 is 0 Å². The Labute approximate surface area is 131 Å². The molecule has 5 heteroatoms. The molecule has 0 aromatic heterocycles. The fraction of sp³-hybridized carbons (Fsp3) is 0.688. The lowest BCUT2D eigenvalue weighted by Crippen LogP contribution is -2.54. The zero-order chi connectivity index (χ0) is 13.7. The van der Waals surface area contributed by atoms with Gasteiger partial charge in [-0.3, -0.25) is 9.69 Å². The molecule has 0 bridgehead atoms. The molecule has 21 heavy (non-hydrogen) atoms. The van der Waals surface area contributed by atoms with Gasteiger partial charge in [-0.1, -0.05) is 6.08 Å². The minimum Gasteiger partial charge on any atom is -0.461 e. The van der Waals surface area contributed by atoms with Crippen LogP contribution in [-0.4, -0.2) is 49.3 Å². The Morgan fingerprint density at radius 1 is 1.38 bits per heavy atom. The van der Waals surface area contributed by atoms with Crippen LogP contribution in [0.25, 0.3) is 0 Å². The predicted molar refractivity (Wildman–Crippen MR) is 81.5 cm³/mol. The van der Waals surface area contributed by atoms with Gasteiger partial charge in [-0.15, -0.1) is 12.4 Å². The summed E-state index contributed by atoms with van der Waals surface area (Å²) < 4.78 is 10.9. The van der Waals surface area contributed by atoms with E-state index in [1.807, 2.05) is 0 Å². The quantitative estimate of drug-likeness (QED) is 0.550. The molecule has 1 aliphatic carbocycles. The maximum Gasteiger partial charge on any atom is 0.310 e. The Morgan fingerprint density at radius 3 is 3.00 bits per heavy atom. The molecule has 4 nitrogen and oxygen atoms in total. The number of halogens is 1. The number of carbonyl (C=O) groups excluding carboxylic acids is 1. The van der Waals surface area contributed by atoms with Gasteiger partial charge in [-0.2, -0.15) is 0 Å². The van der Waals surface area contributed by atoms with Crippen LogP contribution in [0.3, 0.4) is 0 Å². The highest BCUT2D eigenvalue weighted by Gasteiger charge is 2.53. The molecule has 1 saturated heterocycles. The van der Waals surface area contributed by atoms with Crippen LogP contribution in [0.15, 0.2) is 22.8 Å². The van der Waals surface area contributed by atoms with Crippen molar-refractivity contribution >= 4 is 18.4 Å². The molecule has 116 valence electrons. The van der Waals surface area contributed by atoms with Crippen LogP contribution in [0, 0.1) is 0 Å². The third kappa shape index (κ3) is 2.07. The van der Waals surface area contributed by atoms with Gasteiger partial charge in [0.15, 0.2) is 0 Å². The van der Waals surface area contributed by atoms with E-state index in [0.29, 0.717) is 13.0 Å². The number of hydrogen-bond donors (Lipinski definition) is 0. The Hall–Kier alpha value is -0.840. The second-order valence-corrected chi connectivity index (χ2v) is 6.29. The van der Waals surface area contributed by atoms with Gasteiger partial charge in [-0.05, 0) is 42.4 Å². The number of ether oxygens (including phenoxy) is 2. The average Bonchev–Trinajstić information content (AvgIpc) is 2.86. The van der Waals surface area contributed by atoms with E-state index in [1.54, 1.807) is 7.11 Å². The van der Waals surface area contributed by atoms with Gasteiger partial charge >= 0.3 is 5.97 Å². The van der Waals surface area contributed by atoms with Crippen LogP contribution in [0.2, 0.25) is 0 Å². The maximum atomic E-state index is 11.8. The van der Waals surface area contributed by atoms with Crippen molar-refractivity contribution in [3.63, 3.8) is 0 Å². The van der Waals surface area contributed by atoms with E-state index in [1.165, 1.54) is 16.7 Å². The minimum atomic E-state index is -0.0641. The predicted octanol–water partition coefficient (Wildman–Crippen LogP) is 2.24. The highest BCUT2D eigenvalue weighted by molar-refractivity contribution is 5.85. The summed E-state index contributed by atoms with van der Waals surface area (Å²) >= 11 is 0. The average molecular weight is 312 g/mol. The van der Waals surface area contributed by atoms with Gasteiger partial charge in [0.25, 0.3) is 0 Å². The molecule has 0 unspecified atom stereocenters. The molecule has 4 rings (SSSR count). The highest BCUT2D eigenvalue weighted by atomic mass is 35.5. The molecule has 2 atom stereocenters. The summed E-state index contributed by atoms with van der Waals surface area (Å²) in [6.45, 7) is 2.72. The second kappa shape index (κ2) is 5.41. The van der Waals surface area contributed by atoms with E-state index in [4.69, 9.17) is 9.47 Å². The smallest absolute Gasteiger partial charge is 0.310 e. The van der Waals surface area contributed by atoms with Crippen molar-refractivity contribution < 1.29 is 14.3 Å². The van der Waals surface area contributed by atoms with Gasteiger partial charge in [0, 0.05) is 20.2 Å². The first-order valence-electron chi connectivity index (χ1n) is 7.58. The van der Waals surface area contributed by atoms with Gasteiger partial charge in [-0.25, -0.2) is 0 Å². The maximum absolute atomic E-state index is 11.8. The Bertz CT molecular complexity index is 528. The summed E-state index contributed by atoms with van der Waals surface area (Å²) in [7, 11) is 1.80. The van der Waals surface area contributed by atoms with Crippen molar-refractivity contribution in [3.8, 4) is 0 Å². The molecular formula is C16H22ClNO3. The normalized spacial score (nSPS) is 35.2. The molecule has 1 fully saturated rings. The van der Waals surface area contributed by atoms with Gasteiger partial charge in [0.2, 0.25) is 0 Å². The number of carbonyl (C=O) groups is 1. The number of esters is 1. The number of methoxy groups -OCH3 is 1. The largest absolute Gasteiger partial charge is 0.461 e. The molecule has 0 aromatic rings. The summed E-state index contributed by atoms with van der Waals surface area (Å²) in [6.07, 6.45) is 7.31. The third-order valence-corrected chi connectivity index (χ3v) is 5.54. The van der Waals surface area contributed by atoms with E-state index in [2.05, 4.69) is 11.0 Å². The SMILES string of the molecule is CO[C@H]1CC=C2CCN3CCC4=C(CC(=O)OC4)[C@]23C1.Cl. The van der Waals surface area contributed by atoms with Crippen molar-refractivity contribution in [1.82, 2.24) is 4.90 Å². The van der Waals surface area contributed by atoms with E-state index in [9.17, 15) is 4.79 Å². The fourth-order valence-corrected chi connectivity index (χ4v) is 4.57. The molecule has 0 N–H and O–H groups in total. The Kier molecular flexibility index (Phi) is 3.89. The highest BCUT2D eigenvalue weighted by Crippen LogP contribution is 2.52. The summed E-state index contributed by atoms with van der Waals surface area (Å²) in [5.41, 5.74) is 4.20. The summed E-state index contributed by atoms with van der Waals surface area (Å²) in [6, 6.07) is 0. The minimum absolute atomic E-state index is 0. The van der Waals surface area contributed by atoms with E-state index in [0.717, 1.165) is 38.8 Å². The van der Waals surface area contributed by atoms with Crippen LogP contribution >= 0.6 is 12.4 Å². The zero-order valence-corrected chi connectivity index (χ0v) is 13.2. The van der Waals surface area contributed by atoms with E-state index in [-0.39, 0.29) is 30.0 Å². The van der Waals surface area contributed by atoms with Crippen molar-refractivity contribution in [2.45, 2.75) is 43.7 Å². The molecule has 4 aliphatic rings.